The van der Waals surface area contributed by atoms with Crippen LogP contribution in [0.2, 0.25) is 0 Å². The molecule has 37 heavy (non-hydrogen) atoms. The van der Waals surface area contributed by atoms with E-state index in [1.54, 1.807) is 11.6 Å². The first-order chi connectivity index (χ1) is 16.9. The summed E-state index contributed by atoms with van der Waals surface area (Å²) in [6, 6.07) is 10.4. The Morgan fingerprint density at radius 2 is 1.65 bits per heavy atom. The lowest BCUT2D eigenvalue weighted by atomic mass is 9.72. The van der Waals surface area contributed by atoms with E-state index in [1.807, 2.05) is 71.9 Å². The Balaban J connectivity index is 2.39. The molecule has 10 heteroatoms. The van der Waals surface area contributed by atoms with Gasteiger partial charge in [0.25, 0.3) is 0 Å². The molecular weight excluding hydrogens is 583 g/mol. The molecule has 0 radical (unpaired) electrons. The fourth-order valence-corrected chi connectivity index (χ4v) is 6.95. The largest absolute Gasteiger partial charge is 0.399 e. The fourth-order valence-electron chi connectivity index (χ4n) is 4.48. The lowest BCUT2D eigenvalue weighted by Gasteiger charge is -2.35. The molecule has 2 aromatic carbocycles. The van der Waals surface area contributed by atoms with E-state index in [2.05, 4.69) is 20.9 Å². The lowest BCUT2D eigenvalue weighted by Crippen LogP contribution is -2.28. The number of aromatic nitrogens is 1. The summed E-state index contributed by atoms with van der Waals surface area (Å²) in [4.78, 5) is 37.0. The minimum atomic E-state index is -5.83. The van der Waals surface area contributed by atoms with Crippen molar-refractivity contribution in [3.05, 3.63) is 85.3 Å². The molecule has 1 atom stereocenters. The van der Waals surface area contributed by atoms with Gasteiger partial charge in [-0.1, -0.05) is 71.9 Å². The predicted octanol–water partition coefficient (Wildman–Crippen LogP) is 7.94. The molecular formula is C27H31BrF2NO4PS. The average Bonchev–Trinajstić information content (AvgIpc) is 3.30. The SMILES string of the molecule is CC(C)(C)c1cc(C(F)(F)P(=O)(O)O)c(Br)c(C(C)(C)C)c1CC(C(=O)c1nccs1)c1ccccc1. The Bertz CT molecular complexity index is 1330. The summed E-state index contributed by atoms with van der Waals surface area (Å²) in [5.74, 6) is -0.823. The average molecular weight is 614 g/mol. The highest BCUT2D eigenvalue weighted by Gasteiger charge is 2.53. The van der Waals surface area contributed by atoms with E-state index < -0.39 is 35.6 Å². The smallest absolute Gasteiger partial charge is 0.320 e. The Morgan fingerprint density at radius 3 is 2.11 bits per heavy atom. The third-order valence-corrected chi connectivity index (χ3v) is 8.77. The van der Waals surface area contributed by atoms with Crippen molar-refractivity contribution in [2.75, 3.05) is 0 Å². The van der Waals surface area contributed by atoms with Crippen LogP contribution >= 0.6 is 34.9 Å². The fraction of sp³-hybridized carbons (Fsp3) is 0.407. The number of halogens is 3. The number of benzene rings is 2. The summed E-state index contributed by atoms with van der Waals surface area (Å²) in [6.45, 7) is 11.1. The Kier molecular flexibility index (Phi) is 8.39. The van der Waals surface area contributed by atoms with Gasteiger partial charge in [0, 0.05) is 21.6 Å². The molecule has 0 aliphatic rings. The molecule has 2 N–H and O–H groups in total. The quantitative estimate of drug-likeness (QED) is 0.209. The van der Waals surface area contributed by atoms with Gasteiger partial charge in [-0.05, 0) is 61.5 Å². The third-order valence-electron chi connectivity index (χ3n) is 6.19. The highest BCUT2D eigenvalue weighted by Crippen LogP contribution is 2.62. The van der Waals surface area contributed by atoms with E-state index in [4.69, 9.17) is 0 Å². The molecule has 0 fully saturated rings. The van der Waals surface area contributed by atoms with Crippen LogP contribution in [0.25, 0.3) is 0 Å². The molecule has 3 rings (SSSR count). The first kappa shape index (κ1) is 29.8. The number of thiazole rings is 1. The molecule has 1 aromatic heterocycles. The number of Topliss-reactive ketones (excluding diaryl/α,β-unsaturated/α-hetero) is 1. The van der Waals surface area contributed by atoms with Crippen molar-refractivity contribution < 1.29 is 27.9 Å². The van der Waals surface area contributed by atoms with Crippen molar-refractivity contribution in [2.45, 2.75) is 70.4 Å². The molecule has 0 aliphatic carbocycles. The second kappa shape index (κ2) is 10.4. The summed E-state index contributed by atoms with van der Waals surface area (Å²) in [7, 11) is -5.83. The summed E-state index contributed by atoms with van der Waals surface area (Å²) in [5, 5.41) is 2.08. The molecule has 0 aliphatic heterocycles. The van der Waals surface area contributed by atoms with Crippen LogP contribution < -0.4 is 0 Å². The highest BCUT2D eigenvalue weighted by atomic mass is 79.9. The molecule has 5 nitrogen and oxygen atoms in total. The van der Waals surface area contributed by atoms with E-state index in [1.165, 1.54) is 17.4 Å². The standard InChI is InChI=1S/C27H31BrF2NO4PS/c1-25(2,3)19-15-20(27(29,30)36(33,34)35)22(28)21(26(4,5)6)18(19)14-17(16-10-8-7-9-11-16)23(32)24-31-12-13-37-24/h7-13,15,17H,14H2,1-6H3,(H2,33,34,35). The molecule has 0 bridgehead atoms. The van der Waals surface area contributed by atoms with Crippen LogP contribution in [-0.4, -0.2) is 20.6 Å². The number of hydrogen-bond acceptors (Lipinski definition) is 4. The van der Waals surface area contributed by atoms with Gasteiger partial charge in [0.1, 0.15) is 0 Å². The zero-order valence-corrected chi connectivity index (χ0v) is 24.8. The number of carbonyl (C=O) groups excluding carboxylic acids is 1. The van der Waals surface area contributed by atoms with Crippen molar-refractivity contribution in [3.8, 4) is 0 Å². The van der Waals surface area contributed by atoms with Crippen molar-refractivity contribution in [1.29, 1.82) is 0 Å². The number of hydrogen-bond donors (Lipinski definition) is 2. The van der Waals surface area contributed by atoms with Crippen molar-refractivity contribution in [1.82, 2.24) is 4.98 Å². The van der Waals surface area contributed by atoms with Crippen LogP contribution in [0.15, 0.2) is 52.4 Å². The van der Waals surface area contributed by atoms with Gasteiger partial charge in [0.2, 0.25) is 0 Å². The van der Waals surface area contributed by atoms with E-state index in [0.29, 0.717) is 21.7 Å². The Hall–Kier alpha value is -1.77. The van der Waals surface area contributed by atoms with Crippen LogP contribution in [-0.2, 0) is 27.5 Å². The van der Waals surface area contributed by atoms with Gasteiger partial charge < -0.3 is 9.79 Å². The van der Waals surface area contributed by atoms with Gasteiger partial charge in [-0.2, -0.15) is 8.78 Å². The van der Waals surface area contributed by atoms with Gasteiger partial charge in [0.05, 0.1) is 5.92 Å². The number of alkyl halides is 2. The number of carbonyl (C=O) groups is 1. The minimum absolute atomic E-state index is 0.0650. The molecule has 3 aromatic rings. The van der Waals surface area contributed by atoms with E-state index >= 15 is 8.78 Å². The van der Waals surface area contributed by atoms with Crippen LogP contribution in [0, 0.1) is 0 Å². The summed E-state index contributed by atoms with van der Waals surface area (Å²) in [5.41, 5.74) is -4.12. The van der Waals surface area contributed by atoms with Crippen LogP contribution in [0.5, 0.6) is 0 Å². The summed E-state index contributed by atoms with van der Waals surface area (Å²) < 4.78 is 42.2. The molecule has 0 saturated carbocycles. The zero-order chi connectivity index (χ0) is 28.0. The maximum absolute atomic E-state index is 15.2. The predicted molar refractivity (Wildman–Crippen MR) is 147 cm³/mol. The van der Waals surface area contributed by atoms with E-state index in [9.17, 15) is 19.1 Å². The monoisotopic (exact) mass is 613 g/mol. The first-order valence-corrected chi connectivity index (χ1v) is 14.9. The second-order valence-electron chi connectivity index (χ2n) is 11.1. The summed E-state index contributed by atoms with van der Waals surface area (Å²) in [6.07, 6.45) is 1.76. The van der Waals surface area contributed by atoms with Crippen molar-refractivity contribution in [3.63, 3.8) is 0 Å². The van der Waals surface area contributed by atoms with E-state index in [0.717, 1.165) is 5.56 Å². The van der Waals surface area contributed by atoms with Gasteiger partial charge in [-0.3, -0.25) is 9.36 Å². The highest BCUT2D eigenvalue weighted by molar-refractivity contribution is 9.10. The van der Waals surface area contributed by atoms with Gasteiger partial charge >= 0.3 is 13.3 Å². The second-order valence-corrected chi connectivity index (χ2v) is 14.4. The number of rotatable bonds is 7. The lowest BCUT2D eigenvalue weighted by molar-refractivity contribution is 0.0554. The van der Waals surface area contributed by atoms with Crippen LogP contribution in [0.4, 0.5) is 8.78 Å². The third kappa shape index (κ3) is 6.12. The zero-order valence-electron chi connectivity index (χ0n) is 21.6. The number of nitrogens with zero attached hydrogens (tertiary/aromatic N) is 1. The normalized spacial score (nSPS) is 14.0. The van der Waals surface area contributed by atoms with Gasteiger partial charge in [0.15, 0.2) is 10.8 Å². The van der Waals surface area contributed by atoms with Crippen molar-refractivity contribution >= 4 is 40.6 Å². The van der Waals surface area contributed by atoms with Gasteiger partial charge in [-0.15, -0.1) is 11.3 Å². The maximum Gasteiger partial charge on any atom is 0.399 e. The van der Waals surface area contributed by atoms with Gasteiger partial charge in [-0.25, -0.2) is 4.98 Å². The topological polar surface area (TPSA) is 87.5 Å². The minimum Gasteiger partial charge on any atom is -0.320 e. The molecule has 200 valence electrons. The first-order valence-electron chi connectivity index (χ1n) is 11.7. The molecule has 1 unspecified atom stereocenters. The Labute approximate surface area is 228 Å². The Morgan fingerprint density at radius 1 is 1.05 bits per heavy atom. The summed E-state index contributed by atoms with van der Waals surface area (Å²) >= 11 is 4.54. The van der Waals surface area contributed by atoms with Crippen LogP contribution in [0.1, 0.15) is 85.1 Å². The van der Waals surface area contributed by atoms with Crippen LogP contribution in [0.3, 0.4) is 0 Å². The van der Waals surface area contributed by atoms with Crippen molar-refractivity contribution in [2.24, 2.45) is 0 Å². The maximum atomic E-state index is 15.2. The molecule has 0 spiro atoms. The molecule has 1 heterocycles. The van der Waals surface area contributed by atoms with E-state index in [-0.39, 0.29) is 16.7 Å². The molecule has 0 saturated heterocycles. The number of ketones is 1. The molecule has 0 amide bonds.